The number of hydrogen-bond donors (Lipinski definition) is 2. The molecule has 3 amide bonds. The third-order valence-electron chi connectivity index (χ3n) is 4.80. The van der Waals surface area contributed by atoms with Crippen LogP contribution >= 0.6 is 0 Å². The van der Waals surface area contributed by atoms with Crippen molar-refractivity contribution in [2.75, 3.05) is 17.1 Å². The number of carbonyl (C=O) groups is 3. The number of carbonyl (C=O) groups excluding carboxylic acids is 3. The third kappa shape index (κ3) is 3.78. The summed E-state index contributed by atoms with van der Waals surface area (Å²) in [6, 6.07) is 18.4. The van der Waals surface area contributed by atoms with Crippen LogP contribution in [0.2, 0.25) is 0 Å². The summed E-state index contributed by atoms with van der Waals surface area (Å²) in [7, 11) is -2.44. The minimum Gasteiger partial charge on any atom is -0.321 e. The summed E-state index contributed by atoms with van der Waals surface area (Å²) in [6.45, 7) is 0. The number of rotatable bonds is 5. The van der Waals surface area contributed by atoms with E-state index in [2.05, 4.69) is 10.0 Å². The molecule has 0 atom stereocenters. The second-order valence-electron chi connectivity index (χ2n) is 6.85. The van der Waals surface area contributed by atoms with Crippen molar-refractivity contribution in [3.05, 3.63) is 89.5 Å². The second-order valence-corrected chi connectivity index (χ2v) is 8.53. The summed E-state index contributed by atoms with van der Waals surface area (Å²) in [5.74, 6) is -1.49. The molecule has 0 spiro atoms. The predicted molar refractivity (Wildman–Crippen MR) is 115 cm³/mol. The highest BCUT2D eigenvalue weighted by Gasteiger charge is 2.35. The fourth-order valence-corrected chi connectivity index (χ4v) is 4.31. The molecule has 0 radical (unpaired) electrons. The number of benzene rings is 3. The van der Waals surface area contributed by atoms with Gasteiger partial charge in [0.05, 0.1) is 21.7 Å². The zero-order valence-electron chi connectivity index (χ0n) is 16.3. The van der Waals surface area contributed by atoms with E-state index in [0.29, 0.717) is 0 Å². The van der Waals surface area contributed by atoms with Gasteiger partial charge in [0.15, 0.2) is 0 Å². The molecule has 1 aliphatic rings. The smallest absolute Gasteiger partial charge is 0.263 e. The Morgan fingerprint density at radius 3 is 2.32 bits per heavy atom. The van der Waals surface area contributed by atoms with Crippen LogP contribution in [0.5, 0.6) is 0 Å². The molecule has 0 saturated heterocycles. The molecule has 0 aromatic heterocycles. The molecule has 2 N–H and O–H groups in total. The van der Waals surface area contributed by atoms with Crippen LogP contribution in [0, 0.1) is 0 Å². The van der Waals surface area contributed by atoms with Gasteiger partial charge < -0.3 is 5.32 Å². The van der Waals surface area contributed by atoms with Crippen LogP contribution < -0.4 is 10.0 Å². The molecule has 0 bridgehead atoms. The lowest BCUT2D eigenvalue weighted by Gasteiger charge is -2.11. The molecule has 4 rings (SSSR count). The van der Waals surface area contributed by atoms with Crippen LogP contribution in [0.4, 0.5) is 11.4 Å². The van der Waals surface area contributed by atoms with E-state index in [1.54, 1.807) is 24.3 Å². The van der Waals surface area contributed by atoms with Crippen molar-refractivity contribution in [3.63, 3.8) is 0 Å². The maximum atomic E-state index is 12.8. The van der Waals surface area contributed by atoms with Gasteiger partial charge in [-0.3, -0.25) is 24.0 Å². The van der Waals surface area contributed by atoms with Crippen molar-refractivity contribution >= 4 is 39.1 Å². The van der Waals surface area contributed by atoms with E-state index >= 15 is 0 Å². The monoisotopic (exact) mass is 435 g/mol. The maximum absolute atomic E-state index is 12.8. The van der Waals surface area contributed by atoms with Crippen LogP contribution in [0.15, 0.2) is 77.7 Å². The summed E-state index contributed by atoms with van der Waals surface area (Å²) in [5.41, 5.74) is 0.941. The second kappa shape index (κ2) is 7.69. The summed E-state index contributed by atoms with van der Waals surface area (Å²) in [4.78, 5) is 38.4. The van der Waals surface area contributed by atoms with Crippen molar-refractivity contribution in [2.24, 2.45) is 0 Å². The summed E-state index contributed by atoms with van der Waals surface area (Å²) >= 11 is 0. The normalized spacial score (nSPS) is 13.1. The zero-order valence-corrected chi connectivity index (χ0v) is 17.1. The van der Waals surface area contributed by atoms with Crippen LogP contribution in [0.1, 0.15) is 31.1 Å². The van der Waals surface area contributed by atoms with Gasteiger partial charge in [-0.2, -0.15) is 0 Å². The molecule has 0 fully saturated rings. The quantitative estimate of drug-likeness (QED) is 0.599. The highest BCUT2D eigenvalue weighted by Crippen LogP contribution is 2.29. The Labute approximate surface area is 178 Å². The number of nitrogens with zero attached hydrogens (tertiary/aromatic N) is 1. The fraction of sp³-hybridized carbons (Fsp3) is 0.0455. The summed E-state index contributed by atoms with van der Waals surface area (Å²) in [6.07, 6.45) is 0. The molecule has 0 saturated carbocycles. The molecule has 156 valence electrons. The minimum atomic E-state index is -3.81. The average Bonchev–Trinajstić information content (AvgIpc) is 2.99. The van der Waals surface area contributed by atoms with Crippen molar-refractivity contribution < 1.29 is 22.8 Å². The van der Waals surface area contributed by atoms with Crippen molar-refractivity contribution in [1.29, 1.82) is 0 Å². The van der Waals surface area contributed by atoms with E-state index in [0.717, 1.165) is 4.90 Å². The van der Waals surface area contributed by atoms with Crippen molar-refractivity contribution in [3.8, 4) is 0 Å². The Morgan fingerprint density at radius 1 is 0.871 bits per heavy atom. The SMILES string of the molecule is CN1C(=O)c2cccc(NC(=O)c3cccc(NS(=O)(=O)c4ccccc4)c3)c2C1=O. The first-order valence-electron chi connectivity index (χ1n) is 9.22. The standard InChI is InChI=1S/C22H17N3O5S/c1-25-21(27)17-11-6-12-18(19(17)22(25)28)23-20(26)14-7-5-8-15(13-14)24-31(29,30)16-9-3-2-4-10-16/h2-13,24H,1H3,(H,23,26). The topological polar surface area (TPSA) is 113 Å². The number of nitrogens with one attached hydrogen (secondary N) is 2. The molecule has 3 aromatic carbocycles. The molecule has 9 heteroatoms. The Hall–Kier alpha value is -3.98. The van der Waals surface area contributed by atoms with E-state index in [9.17, 15) is 22.8 Å². The van der Waals surface area contributed by atoms with Crippen LogP contribution in [-0.2, 0) is 10.0 Å². The highest BCUT2D eigenvalue weighted by atomic mass is 32.2. The van der Waals surface area contributed by atoms with E-state index in [1.165, 1.54) is 55.6 Å². The largest absolute Gasteiger partial charge is 0.321 e. The lowest BCUT2D eigenvalue weighted by Crippen LogP contribution is -2.24. The van der Waals surface area contributed by atoms with E-state index in [1.807, 2.05) is 0 Å². The number of anilines is 2. The van der Waals surface area contributed by atoms with Gasteiger partial charge in [-0.1, -0.05) is 30.3 Å². The number of sulfonamides is 1. The van der Waals surface area contributed by atoms with Gasteiger partial charge in [-0.25, -0.2) is 8.42 Å². The minimum absolute atomic E-state index is 0.0944. The zero-order chi connectivity index (χ0) is 22.2. The van der Waals surface area contributed by atoms with E-state index < -0.39 is 27.7 Å². The molecule has 0 unspecified atom stereocenters. The highest BCUT2D eigenvalue weighted by molar-refractivity contribution is 7.92. The number of fused-ring (bicyclic) bond motifs is 1. The van der Waals surface area contributed by atoms with Gasteiger partial charge in [0.1, 0.15) is 0 Å². The van der Waals surface area contributed by atoms with E-state index in [4.69, 9.17) is 0 Å². The molecular weight excluding hydrogens is 418 g/mol. The van der Waals surface area contributed by atoms with Gasteiger partial charge in [0, 0.05) is 18.3 Å². The van der Waals surface area contributed by atoms with Crippen molar-refractivity contribution in [2.45, 2.75) is 4.90 Å². The van der Waals surface area contributed by atoms with Gasteiger partial charge in [0.25, 0.3) is 27.7 Å². The van der Waals surface area contributed by atoms with Gasteiger partial charge in [-0.05, 0) is 42.5 Å². The molecular formula is C22H17N3O5S. The third-order valence-corrected chi connectivity index (χ3v) is 6.19. The average molecular weight is 435 g/mol. The Morgan fingerprint density at radius 2 is 1.58 bits per heavy atom. The first-order valence-corrected chi connectivity index (χ1v) is 10.7. The molecule has 8 nitrogen and oxygen atoms in total. The van der Waals surface area contributed by atoms with Crippen LogP contribution in [0.3, 0.4) is 0 Å². The molecule has 31 heavy (non-hydrogen) atoms. The lowest BCUT2D eigenvalue weighted by atomic mass is 10.1. The van der Waals surface area contributed by atoms with Gasteiger partial charge in [0.2, 0.25) is 0 Å². The number of hydrogen-bond acceptors (Lipinski definition) is 5. The Bertz CT molecular complexity index is 1320. The first-order chi connectivity index (χ1) is 14.8. The predicted octanol–water partition coefficient (Wildman–Crippen LogP) is 2.97. The summed E-state index contributed by atoms with van der Waals surface area (Å²) in [5, 5.41) is 2.64. The van der Waals surface area contributed by atoms with E-state index in [-0.39, 0.29) is 33.0 Å². The first kappa shape index (κ1) is 20.3. The molecule has 0 aliphatic carbocycles. The lowest BCUT2D eigenvalue weighted by molar-refractivity contribution is 0.0693. The maximum Gasteiger partial charge on any atom is 0.263 e. The van der Waals surface area contributed by atoms with Gasteiger partial charge >= 0.3 is 0 Å². The molecule has 1 aliphatic heterocycles. The Balaban J connectivity index is 1.58. The summed E-state index contributed by atoms with van der Waals surface area (Å²) < 4.78 is 27.5. The Kier molecular flexibility index (Phi) is 5.04. The van der Waals surface area contributed by atoms with Gasteiger partial charge in [-0.15, -0.1) is 0 Å². The number of amides is 3. The number of imide groups is 1. The fourth-order valence-electron chi connectivity index (χ4n) is 3.24. The van der Waals surface area contributed by atoms with Crippen molar-refractivity contribution in [1.82, 2.24) is 4.90 Å². The van der Waals surface area contributed by atoms with Crippen LogP contribution in [-0.4, -0.2) is 38.1 Å². The molecule has 1 heterocycles. The molecule has 3 aromatic rings. The van der Waals surface area contributed by atoms with Crippen LogP contribution in [0.25, 0.3) is 0 Å².